The normalized spacial score (nSPS) is 24.0. The minimum atomic E-state index is -0.749. The predicted octanol–water partition coefficient (Wildman–Crippen LogP) is 4.22. The third-order valence-corrected chi connectivity index (χ3v) is 5.79. The van der Waals surface area contributed by atoms with Crippen LogP contribution in [-0.2, 0) is 14.3 Å². The molecule has 0 radical (unpaired) electrons. The standard InChI is InChI=1S/C24H22FNO3/c1-14-21(24(28)29-2)22(16-8-10-18(25)11-9-16)23-19(26-14)12-17(13-20(23)27)15-6-4-3-5-7-15/h3-11,17,21-22,26H,1,12-13H2,2H3. The van der Waals surface area contributed by atoms with E-state index in [2.05, 4.69) is 11.9 Å². The zero-order chi connectivity index (χ0) is 20.5. The number of Topliss-reactive ketones (excluding diaryl/α,β-unsaturated/α-hetero) is 1. The number of carbonyl (C=O) groups is 2. The van der Waals surface area contributed by atoms with Crippen LogP contribution < -0.4 is 5.32 Å². The van der Waals surface area contributed by atoms with E-state index in [0.717, 1.165) is 11.3 Å². The van der Waals surface area contributed by atoms with Gasteiger partial charge in [-0.05, 0) is 35.6 Å². The molecule has 2 aliphatic rings. The van der Waals surface area contributed by atoms with Gasteiger partial charge in [0.1, 0.15) is 11.7 Å². The molecule has 1 heterocycles. The number of carbonyl (C=O) groups excluding carboxylic acids is 2. The minimum Gasteiger partial charge on any atom is -0.468 e. The SMILES string of the molecule is C=C1NC2=C(C(=O)CC(c3ccccc3)C2)C(c2ccc(F)cc2)C1C(=O)OC. The summed E-state index contributed by atoms with van der Waals surface area (Å²) in [6.07, 6.45) is 1.01. The van der Waals surface area contributed by atoms with Crippen molar-refractivity contribution in [2.45, 2.75) is 24.7 Å². The molecule has 2 aromatic rings. The van der Waals surface area contributed by atoms with Crippen molar-refractivity contribution < 1.29 is 18.7 Å². The highest BCUT2D eigenvalue weighted by atomic mass is 19.1. The fourth-order valence-electron chi connectivity index (χ4n) is 4.44. The average molecular weight is 391 g/mol. The van der Waals surface area contributed by atoms with E-state index in [4.69, 9.17) is 4.74 Å². The highest BCUT2D eigenvalue weighted by Gasteiger charge is 2.45. The van der Waals surface area contributed by atoms with Gasteiger partial charge in [-0.3, -0.25) is 9.59 Å². The van der Waals surface area contributed by atoms with Crippen molar-refractivity contribution in [3.63, 3.8) is 0 Å². The lowest BCUT2D eigenvalue weighted by molar-refractivity contribution is -0.144. The first-order valence-electron chi connectivity index (χ1n) is 9.60. The highest BCUT2D eigenvalue weighted by molar-refractivity contribution is 6.01. The molecule has 1 aliphatic carbocycles. The summed E-state index contributed by atoms with van der Waals surface area (Å²) in [6.45, 7) is 4.04. The third-order valence-electron chi connectivity index (χ3n) is 5.79. The molecule has 29 heavy (non-hydrogen) atoms. The zero-order valence-corrected chi connectivity index (χ0v) is 16.2. The topological polar surface area (TPSA) is 55.4 Å². The summed E-state index contributed by atoms with van der Waals surface area (Å²) in [5.74, 6) is -2.09. The van der Waals surface area contributed by atoms with Gasteiger partial charge in [-0.2, -0.15) is 0 Å². The van der Waals surface area contributed by atoms with Gasteiger partial charge < -0.3 is 10.1 Å². The van der Waals surface area contributed by atoms with Crippen molar-refractivity contribution in [3.05, 3.63) is 95.1 Å². The summed E-state index contributed by atoms with van der Waals surface area (Å²) in [7, 11) is 1.31. The number of esters is 1. The van der Waals surface area contributed by atoms with Gasteiger partial charge in [0.15, 0.2) is 5.78 Å². The van der Waals surface area contributed by atoms with E-state index in [9.17, 15) is 14.0 Å². The minimum absolute atomic E-state index is 0.0108. The number of nitrogens with one attached hydrogen (secondary N) is 1. The van der Waals surface area contributed by atoms with Gasteiger partial charge in [-0.1, -0.05) is 49.0 Å². The maximum atomic E-state index is 13.5. The number of methoxy groups -OCH3 is 1. The Labute approximate surface area is 169 Å². The molecule has 1 N–H and O–H groups in total. The molecule has 0 saturated carbocycles. The summed E-state index contributed by atoms with van der Waals surface area (Å²) in [5, 5.41) is 3.21. The van der Waals surface area contributed by atoms with E-state index in [1.165, 1.54) is 19.2 Å². The van der Waals surface area contributed by atoms with Crippen LogP contribution >= 0.6 is 0 Å². The van der Waals surface area contributed by atoms with Crippen LogP contribution in [-0.4, -0.2) is 18.9 Å². The number of benzene rings is 2. The number of halogens is 1. The average Bonchev–Trinajstić information content (AvgIpc) is 2.73. The number of rotatable bonds is 3. The first-order valence-corrected chi connectivity index (χ1v) is 9.60. The van der Waals surface area contributed by atoms with Gasteiger partial charge >= 0.3 is 5.97 Å². The lowest BCUT2D eigenvalue weighted by Gasteiger charge is -2.40. The first-order chi connectivity index (χ1) is 14.0. The van der Waals surface area contributed by atoms with Gasteiger partial charge in [-0.25, -0.2) is 4.39 Å². The van der Waals surface area contributed by atoms with Crippen molar-refractivity contribution >= 4 is 11.8 Å². The molecular formula is C24H22FNO3. The van der Waals surface area contributed by atoms with Crippen LogP contribution in [0.1, 0.15) is 35.8 Å². The van der Waals surface area contributed by atoms with E-state index in [0.29, 0.717) is 29.7 Å². The fraction of sp³-hybridized carbons (Fsp3) is 0.250. The van der Waals surface area contributed by atoms with Gasteiger partial charge in [0.2, 0.25) is 0 Å². The van der Waals surface area contributed by atoms with Gasteiger partial charge in [0, 0.05) is 29.3 Å². The van der Waals surface area contributed by atoms with Crippen molar-refractivity contribution in [2.75, 3.05) is 7.11 Å². The Morgan fingerprint density at radius 2 is 1.76 bits per heavy atom. The second-order valence-electron chi connectivity index (χ2n) is 7.51. The van der Waals surface area contributed by atoms with E-state index < -0.39 is 17.8 Å². The number of hydrogen-bond acceptors (Lipinski definition) is 4. The van der Waals surface area contributed by atoms with Crippen molar-refractivity contribution in [3.8, 4) is 0 Å². The molecule has 148 valence electrons. The summed E-state index contributed by atoms with van der Waals surface area (Å²) in [6, 6.07) is 15.9. The lowest BCUT2D eigenvalue weighted by Crippen LogP contribution is -2.42. The highest BCUT2D eigenvalue weighted by Crippen LogP contribution is 2.47. The number of hydrogen-bond donors (Lipinski definition) is 1. The second kappa shape index (κ2) is 7.66. The third kappa shape index (κ3) is 3.48. The largest absolute Gasteiger partial charge is 0.468 e. The second-order valence-corrected chi connectivity index (χ2v) is 7.51. The fourth-order valence-corrected chi connectivity index (χ4v) is 4.44. The Balaban J connectivity index is 1.80. The van der Waals surface area contributed by atoms with Crippen LogP contribution in [0.15, 0.2) is 78.1 Å². The zero-order valence-electron chi connectivity index (χ0n) is 16.2. The molecule has 0 bridgehead atoms. The predicted molar refractivity (Wildman–Crippen MR) is 107 cm³/mol. The van der Waals surface area contributed by atoms with E-state index >= 15 is 0 Å². The molecule has 0 fully saturated rings. The molecule has 2 aromatic carbocycles. The number of allylic oxidation sites excluding steroid dienone is 2. The summed E-state index contributed by atoms with van der Waals surface area (Å²) in [5.41, 5.74) is 3.66. The van der Waals surface area contributed by atoms with E-state index in [1.54, 1.807) is 12.1 Å². The van der Waals surface area contributed by atoms with Crippen LogP contribution in [0.2, 0.25) is 0 Å². The Bertz CT molecular complexity index is 995. The van der Waals surface area contributed by atoms with Crippen molar-refractivity contribution in [2.24, 2.45) is 5.92 Å². The van der Waals surface area contributed by atoms with Crippen LogP contribution in [0.3, 0.4) is 0 Å². The Hall–Kier alpha value is -3.21. The maximum Gasteiger partial charge on any atom is 0.315 e. The lowest BCUT2D eigenvalue weighted by atomic mass is 9.69. The summed E-state index contributed by atoms with van der Waals surface area (Å²) >= 11 is 0. The van der Waals surface area contributed by atoms with Crippen LogP contribution in [0.25, 0.3) is 0 Å². The summed E-state index contributed by atoms with van der Waals surface area (Å²) in [4.78, 5) is 25.8. The van der Waals surface area contributed by atoms with Gasteiger partial charge in [0.25, 0.3) is 0 Å². The molecule has 0 amide bonds. The summed E-state index contributed by atoms with van der Waals surface area (Å²) < 4.78 is 18.5. The molecule has 4 rings (SSSR count). The van der Waals surface area contributed by atoms with Gasteiger partial charge in [-0.15, -0.1) is 0 Å². The quantitative estimate of drug-likeness (QED) is 0.796. The van der Waals surface area contributed by atoms with Crippen LogP contribution in [0.4, 0.5) is 4.39 Å². The van der Waals surface area contributed by atoms with Crippen molar-refractivity contribution in [1.82, 2.24) is 5.32 Å². The smallest absolute Gasteiger partial charge is 0.315 e. The van der Waals surface area contributed by atoms with Crippen LogP contribution in [0, 0.1) is 11.7 Å². The molecule has 5 heteroatoms. The molecule has 4 nitrogen and oxygen atoms in total. The maximum absolute atomic E-state index is 13.5. The van der Waals surface area contributed by atoms with Crippen LogP contribution in [0.5, 0.6) is 0 Å². The Kier molecular flexibility index (Phi) is 5.05. The Morgan fingerprint density at radius 3 is 2.41 bits per heavy atom. The number of ether oxygens (including phenoxy) is 1. The van der Waals surface area contributed by atoms with Crippen molar-refractivity contribution in [1.29, 1.82) is 0 Å². The monoisotopic (exact) mass is 391 g/mol. The molecule has 3 unspecified atom stereocenters. The molecule has 0 spiro atoms. The Morgan fingerprint density at radius 1 is 1.07 bits per heavy atom. The molecule has 0 aromatic heterocycles. The van der Waals surface area contributed by atoms with E-state index in [-0.39, 0.29) is 17.5 Å². The molecule has 0 saturated heterocycles. The molecule has 1 aliphatic heterocycles. The molecular weight excluding hydrogens is 369 g/mol. The molecule has 3 atom stereocenters. The number of ketones is 1. The van der Waals surface area contributed by atoms with Gasteiger partial charge in [0.05, 0.1) is 7.11 Å². The van der Waals surface area contributed by atoms with E-state index in [1.807, 2.05) is 30.3 Å². The first kappa shape index (κ1) is 19.1.